The van der Waals surface area contributed by atoms with E-state index in [1.165, 1.54) is 23.5 Å². The summed E-state index contributed by atoms with van der Waals surface area (Å²) in [6.45, 7) is 0. The van der Waals surface area contributed by atoms with Crippen molar-refractivity contribution in [3.8, 4) is 10.7 Å². The van der Waals surface area contributed by atoms with E-state index in [1.807, 2.05) is 41.9 Å². The van der Waals surface area contributed by atoms with Crippen LogP contribution >= 0.6 is 11.3 Å². The first kappa shape index (κ1) is 16.9. The van der Waals surface area contributed by atoms with E-state index >= 15 is 0 Å². The van der Waals surface area contributed by atoms with Crippen LogP contribution < -0.4 is 5.32 Å². The number of imidazole rings is 1. The highest BCUT2D eigenvalue weighted by Gasteiger charge is 2.18. The minimum atomic E-state index is -0.519. The average molecular weight is 378 g/mol. The monoisotopic (exact) mass is 378 g/mol. The van der Waals surface area contributed by atoms with E-state index in [0.29, 0.717) is 4.88 Å². The summed E-state index contributed by atoms with van der Waals surface area (Å²) in [4.78, 5) is 29.0. The van der Waals surface area contributed by atoms with Crippen LogP contribution in [-0.4, -0.2) is 20.4 Å². The Bertz CT molecular complexity index is 1180. The number of benzene rings is 2. The zero-order valence-corrected chi connectivity index (χ0v) is 15.1. The number of aryl methyl sites for hydroxylation is 1. The molecule has 4 rings (SSSR count). The number of nitrogens with zero attached hydrogens (tertiary/aromatic N) is 3. The van der Waals surface area contributed by atoms with Gasteiger partial charge in [0.15, 0.2) is 5.82 Å². The zero-order valence-electron chi connectivity index (χ0n) is 14.2. The number of aromatic nitrogens is 2. The number of para-hydroxylation sites is 4. The summed E-state index contributed by atoms with van der Waals surface area (Å²) in [5.74, 6) is 0.380. The normalized spacial score (nSPS) is 10.9. The molecule has 0 unspecified atom stereocenters. The fourth-order valence-electron chi connectivity index (χ4n) is 2.87. The molecule has 0 atom stereocenters. The molecule has 1 N–H and O–H groups in total. The largest absolute Gasteiger partial charge is 0.326 e. The number of nitrogens with one attached hydrogen (secondary N) is 1. The second kappa shape index (κ2) is 6.65. The minimum Gasteiger partial charge on any atom is -0.326 e. The topological polar surface area (TPSA) is 90.1 Å². The number of thiophene rings is 1. The summed E-state index contributed by atoms with van der Waals surface area (Å²) in [5.41, 5.74) is 1.92. The summed E-state index contributed by atoms with van der Waals surface area (Å²) < 4.78 is 1.98. The Hall–Kier alpha value is -3.52. The van der Waals surface area contributed by atoms with Crippen LogP contribution in [0.15, 0.2) is 60.7 Å². The lowest BCUT2D eigenvalue weighted by Crippen LogP contribution is -2.11. The number of anilines is 1. The number of hydrogen-bond donors (Lipinski definition) is 1. The molecule has 7 nitrogen and oxygen atoms in total. The van der Waals surface area contributed by atoms with Gasteiger partial charge in [-0.2, -0.15) is 0 Å². The van der Waals surface area contributed by atoms with Crippen molar-refractivity contribution >= 4 is 39.7 Å². The van der Waals surface area contributed by atoms with Crippen molar-refractivity contribution in [3.63, 3.8) is 0 Å². The number of carbonyl (C=O) groups excluding carboxylic acids is 1. The van der Waals surface area contributed by atoms with Crippen LogP contribution in [0.25, 0.3) is 21.7 Å². The standard InChI is InChI=1S/C19H14N4O3S/c1-22-14-8-4-2-6-12(14)20-18(22)16-10-11-17(27-16)19(24)21-13-7-3-5-9-15(13)23(25)26/h2-11H,1H3,(H,21,24). The van der Waals surface area contributed by atoms with Gasteiger partial charge in [-0.05, 0) is 30.3 Å². The molecular weight excluding hydrogens is 364 g/mol. The molecule has 0 saturated carbocycles. The smallest absolute Gasteiger partial charge is 0.292 e. The lowest BCUT2D eigenvalue weighted by Gasteiger charge is -2.04. The van der Waals surface area contributed by atoms with Crippen LogP contribution in [-0.2, 0) is 7.05 Å². The molecule has 0 bridgehead atoms. The fourth-order valence-corrected chi connectivity index (χ4v) is 3.80. The van der Waals surface area contributed by atoms with E-state index in [0.717, 1.165) is 21.7 Å². The van der Waals surface area contributed by atoms with Crippen LogP contribution in [0.1, 0.15) is 9.67 Å². The third kappa shape index (κ3) is 3.06. The number of carbonyl (C=O) groups is 1. The predicted octanol–water partition coefficient (Wildman–Crippen LogP) is 4.46. The Labute approximate surface area is 158 Å². The Morgan fingerprint density at radius 1 is 1.11 bits per heavy atom. The zero-order chi connectivity index (χ0) is 19.0. The molecule has 0 fully saturated rings. The molecule has 27 heavy (non-hydrogen) atoms. The van der Waals surface area contributed by atoms with Crippen LogP contribution in [0, 0.1) is 10.1 Å². The molecule has 2 aromatic carbocycles. The maximum Gasteiger partial charge on any atom is 0.292 e. The fraction of sp³-hybridized carbons (Fsp3) is 0.0526. The van der Waals surface area contributed by atoms with Crippen molar-refractivity contribution in [2.45, 2.75) is 0 Å². The van der Waals surface area contributed by atoms with Crippen molar-refractivity contribution in [1.29, 1.82) is 0 Å². The lowest BCUT2D eigenvalue weighted by atomic mass is 10.2. The molecule has 0 aliphatic carbocycles. The van der Waals surface area contributed by atoms with Crippen molar-refractivity contribution in [2.24, 2.45) is 7.05 Å². The number of amides is 1. The molecule has 0 radical (unpaired) electrons. The molecule has 4 aromatic rings. The molecule has 0 spiro atoms. The van der Waals surface area contributed by atoms with E-state index in [4.69, 9.17) is 0 Å². The van der Waals surface area contributed by atoms with Crippen LogP contribution in [0.3, 0.4) is 0 Å². The highest BCUT2D eigenvalue weighted by molar-refractivity contribution is 7.17. The van der Waals surface area contributed by atoms with E-state index in [1.54, 1.807) is 18.2 Å². The predicted molar refractivity (Wildman–Crippen MR) is 105 cm³/mol. The van der Waals surface area contributed by atoms with Gasteiger partial charge in [-0.3, -0.25) is 14.9 Å². The van der Waals surface area contributed by atoms with Gasteiger partial charge in [-0.15, -0.1) is 11.3 Å². The third-order valence-corrected chi connectivity index (χ3v) is 5.27. The quantitative estimate of drug-likeness (QED) is 0.419. The van der Waals surface area contributed by atoms with Crippen LogP contribution in [0.5, 0.6) is 0 Å². The van der Waals surface area contributed by atoms with Gasteiger partial charge in [0, 0.05) is 13.1 Å². The van der Waals surface area contributed by atoms with E-state index < -0.39 is 4.92 Å². The number of nitro groups is 1. The SMILES string of the molecule is Cn1c(-c2ccc(C(=O)Nc3ccccc3[N+](=O)[O-])s2)nc2ccccc21. The number of nitro benzene ring substituents is 1. The number of fused-ring (bicyclic) bond motifs is 1. The highest BCUT2D eigenvalue weighted by atomic mass is 32.1. The maximum atomic E-state index is 12.5. The second-order valence-electron chi connectivity index (χ2n) is 5.88. The van der Waals surface area contributed by atoms with Crippen molar-refractivity contribution in [2.75, 3.05) is 5.32 Å². The summed E-state index contributed by atoms with van der Waals surface area (Å²) in [6.07, 6.45) is 0. The Morgan fingerprint density at radius 2 is 1.85 bits per heavy atom. The van der Waals surface area contributed by atoms with Gasteiger partial charge >= 0.3 is 0 Å². The molecule has 0 saturated heterocycles. The van der Waals surface area contributed by atoms with Gasteiger partial charge in [0.25, 0.3) is 11.6 Å². The first-order valence-corrected chi connectivity index (χ1v) is 8.92. The van der Waals surface area contributed by atoms with Gasteiger partial charge in [0.2, 0.25) is 0 Å². The van der Waals surface area contributed by atoms with E-state index in [-0.39, 0.29) is 17.3 Å². The Balaban J connectivity index is 1.63. The van der Waals surface area contributed by atoms with Crippen LogP contribution in [0.2, 0.25) is 0 Å². The molecule has 2 heterocycles. The van der Waals surface area contributed by atoms with Gasteiger partial charge in [0.1, 0.15) is 5.69 Å². The molecular formula is C19H14N4O3S. The number of rotatable bonds is 4. The van der Waals surface area contributed by atoms with E-state index in [2.05, 4.69) is 10.3 Å². The molecule has 1 amide bonds. The van der Waals surface area contributed by atoms with E-state index in [9.17, 15) is 14.9 Å². The molecule has 0 aliphatic heterocycles. The minimum absolute atomic E-state index is 0.141. The highest BCUT2D eigenvalue weighted by Crippen LogP contribution is 2.31. The van der Waals surface area contributed by atoms with Crippen LogP contribution in [0.4, 0.5) is 11.4 Å². The van der Waals surface area contributed by atoms with Crippen molar-refractivity contribution in [3.05, 3.63) is 75.7 Å². The summed E-state index contributed by atoms with van der Waals surface area (Å²) >= 11 is 1.29. The first-order chi connectivity index (χ1) is 13.0. The number of hydrogen-bond acceptors (Lipinski definition) is 5. The summed E-state index contributed by atoms with van der Waals surface area (Å²) in [7, 11) is 1.93. The van der Waals surface area contributed by atoms with Crippen molar-refractivity contribution < 1.29 is 9.72 Å². The van der Waals surface area contributed by atoms with Gasteiger partial charge in [0.05, 0.1) is 25.7 Å². The second-order valence-corrected chi connectivity index (χ2v) is 6.96. The average Bonchev–Trinajstić information content (AvgIpc) is 3.27. The molecule has 2 aromatic heterocycles. The summed E-state index contributed by atoms with van der Waals surface area (Å²) in [5, 5.41) is 13.7. The Kier molecular flexibility index (Phi) is 4.17. The van der Waals surface area contributed by atoms with Gasteiger partial charge in [-0.25, -0.2) is 4.98 Å². The van der Waals surface area contributed by atoms with Gasteiger partial charge < -0.3 is 9.88 Å². The van der Waals surface area contributed by atoms with Gasteiger partial charge in [-0.1, -0.05) is 24.3 Å². The third-order valence-electron chi connectivity index (χ3n) is 4.19. The maximum absolute atomic E-state index is 12.5. The molecule has 134 valence electrons. The molecule has 8 heteroatoms. The lowest BCUT2D eigenvalue weighted by molar-refractivity contribution is -0.383. The Morgan fingerprint density at radius 3 is 2.63 bits per heavy atom. The molecule has 0 aliphatic rings. The summed E-state index contributed by atoms with van der Waals surface area (Å²) in [6, 6.07) is 17.4. The first-order valence-electron chi connectivity index (χ1n) is 8.11. The van der Waals surface area contributed by atoms with Crippen molar-refractivity contribution in [1.82, 2.24) is 9.55 Å².